The van der Waals surface area contributed by atoms with E-state index in [0.717, 1.165) is 29.2 Å². The van der Waals surface area contributed by atoms with Gasteiger partial charge in [0.1, 0.15) is 17.7 Å². The third kappa shape index (κ3) is 4.88. The number of fused-ring (bicyclic) bond motifs is 1. The molecule has 2 aliphatic heterocycles. The van der Waals surface area contributed by atoms with E-state index >= 15 is 0 Å². The highest BCUT2D eigenvalue weighted by Crippen LogP contribution is 2.31. The summed E-state index contributed by atoms with van der Waals surface area (Å²) >= 11 is 0. The highest BCUT2D eigenvalue weighted by molar-refractivity contribution is 6.86. The van der Waals surface area contributed by atoms with E-state index in [9.17, 15) is 4.39 Å². The van der Waals surface area contributed by atoms with E-state index in [-0.39, 0.29) is 23.0 Å². The molecule has 5 nitrogen and oxygen atoms in total. The number of nitrogens with zero attached hydrogens (tertiary/aromatic N) is 3. The van der Waals surface area contributed by atoms with Crippen molar-refractivity contribution in [2.45, 2.75) is 57.7 Å². The maximum atomic E-state index is 14.5. The van der Waals surface area contributed by atoms with Gasteiger partial charge >= 0.3 is 0 Å². The fraction of sp³-hybridized carbons (Fsp3) is 0.440. The van der Waals surface area contributed by atoms with Gasteiger partial charge in [0.2, 0.25) is 0 Å². The van der Waals surface area contributed by atoms with Gasteiger partial charge in [-0.05, 0) is 51.4 Å². The SMILES string of the molecule is C=c1c(F)cc(-c2cc3c(cn2)N=C(OC2CC(C)(C)NC(C)(C)C2)[B]3)c/c1=C/N(C)C. The number of hydrogen-bond donors (Lipinski definition) is 1. The summed E-state index contributed by atoms with van der Waals surface area (Å²) in [6.07, 6.45) is 5.47. The number of piperidine rings is 1. The molecule has 3 heterocycles. The topological polar surface area (TPSA) is 49.8 Å². The van der Waals surface area contributed by atoms with Gasteiger partial charge in [0, 0.05) is 60.2 Å². The Labute approximate surface area is 190 Å². The molecular formula is C25H31BFN4O. The van der Waals surface area contributed by atoms with Crippen LogP contribution in [-0.4, -0.2) is 54.2 Å². The maximum Gasteiger partial charge on any atom is 0.269 e. The van der Waals surface area contributed by atoms with Crippen LogP contribution in [0.25, 0.3) is 24.0 Å². The van der Waals surface area contributed by atoms with E-state index in [2.05, 4.69) is 49.6 Å². The highest BCUT2D eigenvalue weighted by Gasteiger charge is 2.39. The summed E-state index contributed by atoms with van der Waals surface area (Å²) in [5.74, 6) is 0.261. The van der Waals surface area contributed by atoms with Gasteiger partial charge < -0.3 is 15.0 Å². The number of halogens is 1. The molecule has 0 atom stereocenters. The second kappa shape index (κ2) is 8.03. The van der Waals surface area contributed by atoms with Gasteiger partial charge in [-0.15, -0.1) is 0 Å². The van der Waals surface area contributed by atoms with Gasteiger partial charge in [-0.3, -0.25) is 4.98 Å². The Balaban J connectivity index is 1.56. The van der Waals surface area contributed by atoms with E-state index in [1.54, 1.807) is 6.20 Å². The number of rotatable bonds is 3. The number of aromatic nitrogens is 1. The second-order valence-corrected chi connectivity index (χ2v) is 10.4. The number of hydrogen-bond acceptors (Lipinski definition) is 5. The number of aliphatic imine (C=N–C) groups is 1. The van der Waals surface area contributed by atoms with E-state index < -0.39 is 0 Å². The largest absolute Gasteiger partial charge is 0.487 e. The fourth-order valence-corrected chi connectivity index (χ4v) is 4.86. The number of benzene rings is 1. The first-order valence-electron chi connectivity index (χ1n) is 11.0. The number of nitrogens with one attached hydrogen (secondary N) is 1. The van der Waals surface area contributed by atoms with Crippen molar-refractivity contribution < 1.29 is 9.13 Å². The zero-order chi connectivity index (χ0) is 23.3. The third-order valence-electron chi connectivity index (χ3n) is 5.79. The van der Waals surface area contributed by atoms with Crippen LogP contribution in [0.2, 0.25) is 0 Å². The molecule has 1 fully saturated rings. The summed E-state index contributed by atoms with van der Waals surface area (Å²) in [6, 6.07) is 5.32. The quantitative estimate of drug-likeness (QED) is 0.755. The van der Waals surface area contributed by atoms with Crippen molar-refractivity contribution >= 4 is 37.0 Å². The van der Waals surface area contributed by atoms with Crippen molar-refractivity contribution in [2.24, 2.45) is 4.99 Å². The van der Waals surface area contributed by atoms with Crippen LogP contribution < -0.4 is 21.2 Å². The first-order chi connectivity index (χ1) is 14.9. The standard InChI is InChI=1S/C25H31BFN4O/c1-15-17(14-31(6)7)8-16(9-20(15)27)21-10-19-22(13-28-21)29-23(26-19)32-18-11-24(2,3)30-25(4,5)12-18/h8-10,13-14,18,30H,1,11-12H2,2-7H3/b17-14-. The maximum absolute atomic E-state index is 14.5. The number of pyridine rings is 1. The van der Waals surface area contributed by atoms with E-state index in [4.69, 9.17) is 4.74 Å². The van der Waals surface area contributed by atoms with E-state index in [1.165, 1.54) is 6.07 Å². The molecule has 0 amide bonds. The van der Waals surface area contributed by atoms with Gasteiger partial charge in [-0.25, -0.2) is 9.38 Å². The summed E-state index contributed by atoms with van der Waals surface area (Å²) < 4.78 is 20.8. The van der Waals surface area contributed by atoms with Crippen molar-refractivity contribution in [3.63, 3.8) is 0 Å². The lowest BCUT2D eigenvalue weighted by molar-refractivity contribution is 0.0509. The lowest BCUT2D eigenvalue weighted by atomic mass is 9.71. The van der Waals surface area contributed by atoms with Crippen molar-refractivity contribution in [3.8, 4) is 11.3 Å². The Kier molecular flexibility index (Phi) is 5.66. The molecule has 0 unspecified atom stereocenters. The number of ether oxygens (including phenoxy) is 1. The van der Waals surface area contributed by atoms with Gasteiger partial charge in [-0.1, -0.05) is 6.58 Å². The fourth-order valence-electron chi connectivity index (χ4n) is 4.86. The average Bonchev–Trinajstić information content (AvgIpc) is 3.03. The Morgan fingerprint density at radius 2 is 1.88 bits per heavy atom. The molecule has 0 saturated carbocycles. The molecule has 0 aliphatic carbocycles. The second-order valence-electron chi connectivity index (χ2n) is 10.4. The lowest BCUT2D eigenvalue weighted by Gasteiger charge is -2.46. The average molecular weight is 433 g/mol. The summed E-state index contributed by atoms with van der Waals surface area (Å²) in [6.45, 7) is 12.7. The smallest absolute Gasteiger partial charge is 0.269 e. The van der Waals surface area contributed by atoms with E-state index in [0.29, 0.717) is 22.3 Å². The molecule has 4 rings (SSSR count). The third-order valence-corrected chi connectivity index (χ3v) is 5.79. The summed E-state index contributed by atoms with van der Waals surface area (Å²) in [7, 11) is 5.74. The van der Waals surface area contributed by atoms with Crippen LogP contribution >= 0.6 is 0 Å². The van der Waals surface area contributed by atoms with Crippen molar-refractivity contribution in [1.29, 1.82) is 0 Å². The molecule has 1 N–H and O–H groups in total. The molecule has 1 aromatic carbocycles. The van der Waals surface area contributed by atoms with Crippen LogP contribution in [-0.2, 0) is 4.74 Å². The summed E-state index contributed by atoms with van der Waals surface area (Å²) in [5, 5.41) is 4.78. The van der Waals surface area contributed by atoms with Gasteiger partial charge in [0.15, 0.2) is 0 Å². The summed E-state index contributed by atoms with van der Waals surface area (Å²) in [4.78, 5) is 11.0. The molecule has 1 radical (unpaired) electrons. The highest BCUT2D eigenvalue weighted by atomic mass is 19.1. The molecule has 0 bridgehead atoms. The van der Waals surface area contributed by atoms with Crippen LogP contribution in [0.4, 0.5) is 10.1 Å². The van der Waals surface area contributed by atoms with Gasteiger partial charge in [0.25, 0.3) is 7.28 Å². The van der Waals surface area contributed by atoms with E-state index in [1.807, 2.05) is 44.6 Å². The van der Waals surface area contributed by atoms with Crippen molar-refractivity contribution in [2.75, 3.05) is 14.1 Å². The van der Waals surface area contributed by atoms with Gasteiger partial charge in [-0.2, -0.15) is 0 Å². The minimum atomic E-state index is -0.349. The Morgan fingerprint density at radius 3 is 2.53 bits per heavy atom. The molecule has 1 saturated heterocycles. The molecular weight excluding hydrogens is 402 g/mol. The monoisotopic (exact) mass is 433 g/mol. The summed E-state index contributed by atoms with van der Waals surface area (Å²) in [5.41, 5.74) is 3.08. The van der Waals surface area contributed by atoms with Crippen molar-refractivity contribution in [1.82, 2.24) is 15.2 Å². The van der Waals surface area contributed by atoms with Gasteiger partial charge in [0.05, 0.1) is 17.6 Å². The molecule has 167 valence electrons. The molecule has 0 spiro atoms. The minimum absolute atomic E-state index is 0.00118. The van der Waals surface area contributed by atoms with Crippen LogP contribution in [0.1, 0.15) is 40.5 Å². The molecule has 7 heteroatoms. The van der Waals surface area contributed by atoms with Crippen LogP contribution in [0.15, 0.2) is 29.4 Å². The molecule has 1 aromatic heterocycles. The predicted octanol–water partition coefficient (Wildman–Crippen LogP) is 2.25. The van der Waals surface area contributed by atoms with Crippen molar-refractivity contribution in [3.05, 3.63) is 40.7 Å². The zero-order valence-electron chi connectivity index (χ0n) is 19.8. The predicted molar refractivity (Wildman–Crippen MR) is 130 cm³/mol. The van der Waals surface area contributed by atoms with Crippen LogP contribution in [0.5, 0.6) is 0 Å². The Bertz CT molecular complexity index is 1170. The first-order valence-corrected chi connectivity index (χ1v) is 11.0. The molecule has 32 heavy (non-hydrogen) atoms. The normalized spacial score (nSPS) is 19.8. The first kappa shape index (κ1) is 22.5. The lowest BCUT2D eigenvalue weighted by Crippen LogP contribution is -2.59. The minimum Gasteiger partial charge on any atom is -0.487 e. The molecule has 2 aliphatic rings. The Hall–Kier alpha value is -2.67. The zero-order valence-corrected chi connectivity index (χ0v) is 19.8. The van der Waals surface area contributed by atoms with Crippen LogP contribution in [0.3, 0.4) is 0 Å². The van der Waals surface area contributed by atoms with Crippen LogP contribution in [0, 0.1) is 5.82 Å². The Morgan fingerprint density at radius 1 is 1.19 bits per heavy atom. The molecule has 2 aromatic rings.